The molecule has 1 heterocycles. The quantitative estimate of drug-likeness (QED) is 0.380. The van der Waals surface area contributed by atoms with E-state index in [0.29, 0.717) is 16.9 Å². The lowest BCUT2D eigenvalue weighted by Gasteiger charge is -2.36. The van der Waals surface area contributed by atoms with Gasteiger partial charge in [-0.1, -0.05) is 45.0 Å². The van der Waals surface area contributed by atoms with E-state index >= 15 is 0 Å². The molecule has 2 aromatic carbocycles. The van der Waals surface area contributed by atoms with Crippen molar-refractivity contribution in [1.29, 1.82) is 0 Å². The van der Waals surface area contributed by atoms with Gasteiger partial charge in [-0.2, -0.15) is 0 Å². The smallest absolute Gasteiger partial charge is 0.256 e. The Morgan fingerprint density at radius 1 is 1.16 bits per heavy atom. The fraction of sp³-hybridized carbons (Fsp3) is 0.350. The Kier molecular flexibility index (Phi) is 4.24. The molecular formula is C20H23ClO3Si. The molecule has 132 valence electrons. The lowest BCUT2D eigenvalue weighted by molar-refractivity contribution is 0.108. The van der Waals surface area contributed by atoms with Crippen LogP contribution in [0.2, 0.25) is 18.1 Å². The van der Waals surface area contributed by atoms with Gasteiger partial charge in [0.15, 0.2) is 11.3 Å². The van der Waals surface area contributed by atoms with E-state index in [0.717, 1.165) is 21.7 Å². The summed E-state index contributed by atoms with van der Waals surface area (Å²) in [5, 5.41) is 2.32. The summed E-state index contributed by atoms with van der Waals surface area (Å²) in [6, 6.07) is 8.05. The van der Waals surface area contributed by atoms with E-state index in [4.69, 9.17) is 20.4 Å². The molecule has 0 bridgehead atoms. The van der Waals surface area contributed by atoms with Crippen molar-refractivity contribution in [1.82, 2.24) is 0 Å². The summed E-state index contributed by atoms with van der Waals surface area (Å²) in [6.45, 7) is 13.0. The molecule has 0 aliphatic heterocycles. The predicted octanol–water partition coefficient (Wildman–Crippen LogP) is 6.66. The first-order valence-electron chi connectivity index (χ1n) is 8.36. The van der Waals surface area contributed by atoms with Gasteiger partial charge in [-0.3, -0.25) is 4.79 Å². The molecule has 0 fully saturated rings. The Labute approximate surface area is 154 Å². The van der Waals surface area contributed by atoms with E-state index in [1.807, 2.05) is 31.2 Å². The van der Waals surface area contributed by atoms with E-state index in [1.54, 1.807) is 0 Å². The average molecular weight is 375 g/mol. The maximum atomic E-state index is 11.8. The maximum Gasteiger partial charge on any atom is 0.256 e. The lowest BCUT2D eigenvalue weighted by Crippen LogP contribution is -2.43. The highest BCUT2D eigenvalue weighted by atomic mass is 35.5. The van der Waals surface area contributed by atoms with Crippen LogP contribution in [0.3, 0.4) is 0 Å². The molecule has 0 saturated carbocycles. The minimum Gasteiger partial charge on any atom is -0.541 e. The molecule has 0 aliphatic carbocycles. The van der Waals surface area contributed by atoms with Crippen molar-refractivity contribution in [2.24, 2.45) is 0 Å². The van der Waals surface area contributed by atoms with E-state index in [-0.39, 0.29) is 5.04 Å². The zero-order valence-corrected chi connectivity index (χ0v) is 17.2. The number of furan rings is 1. The summed E-state index contributed by atoms with van der Waals surface area (Å²) < 4.78 is 12.4. The standard InChI is InChI=1S/C20H23ClO3Si/c1-12-13-9-7-8-10-14(13)17(24-25(5,6)20(2,3)4)18-16(12)15(11-23-18)19(21)22/h7-11H,1-6H3. The van der Waals surface area contributed by atoms with Gasteiger partial charge in [-0.15, -0.1) is 0 Å². The molecule has 1 aromatic heterocycles. The summed E-state index contributed by atoms with van der Waals surface area (Å²) in [4.78, 5) is 11.8. The second-order valence-electron chi connectivity index (χ2n) is 7.99. The third kappa shape index (κ3) is 2.87. The van der Waals surface area contributed by atoms with Crippen LogP contribution >= 0.6 is 11.6 Å². The number of benzene rings is 2. The molecule has 0 radical (unpaired) electrons. The van der Waals surface area contributed by atoms with Crippen LogP contribution in [0.4, 0.5) is 0 Å². The van der Waals surface area contributed by atoms with Crippen molar-refractivity contribution >= 4 is 46.9 Å². The number of carbonyl (C=O) groups excluding carboxylic acids is 1. The summed E-state index contributed by atoms with van der Waals surface area (Å²) >= 11 is 5.77. The van der Waals surface area contributed by atoms with Crippen molar-refractivity contribution in [3.63, 3.8) is 0 Å². The van der Waals surface area contributed by atoms with Gasteiger partial charge in [0.05, 0.1) is 5.56 Å². The van der Waals surface area contributed by atoms with Gasteiger partial charge >= 0.3 is 0 Å². The van der Waals surface area contributed by atoms with Crippen molar-refractivity contribution in [3.05, 3.63) is 41.7 Å². The zero-order valence-electron chi connectivity index (χ0n) is 15.5. The minimum absolute atomic E-state index is 0.0447. The van der Waals surface area contributed by atoms with Crippen LogP contribution in [-0.2, 0) is 0 Å². The summed E-state index contributed by atoms with van der Waals surface area (Å²) in [5.41, 5.74) is 1.97. The monoisotopic (exact) mass is 374 g/mol. The van der Waals surface area contributed by atoms with E-state index in [9.17, 15) is 4.79 Å². The van der Waals surface area contributed by atoms with Crippen LogP contribution in [0.15, 0.2) is 34.9 Å². The van der Waals surface area contributed by atoms with E-state index < -0.39 is 13.6 Å². The second kappa shape index (κ2) is 5.89. The average Bonchev–Trinajstić information content (AvgIpc) is 2.95. The SMILES string of the molecule is Cc1c2ccccc2c(O[Si](C)(C)C(C)(C)C)c2occ(C(=O)Cl)c12. The fourth-order valence-electron chi connectivity index (χ4n) is 2.82. The summed E-state index contributed by atoms with van der Waals surface area (Å²) in [5.74, 6) is 0.715. The van der Waals surface area contributed by atoms with Crippen LogP contribution in [0.25, 0.3) is 21.7 Å². The van der Waals surface area contributed by atoms with Crippen molar-refractivity contribution < 1.29 is 13.6 Å². The number of aryl methyl sites for hydroxylation is 1. The lowest BCUT2D eigenvalue weighted by atomic mass is 9.99. The molecule has 3 rings (SSSR count). The number of hydrogen-bond donors (Lipinski definition) is 0. The first-order valence-corrected chi connectivity index (χ1v) is 11.6. The molecule has 5 heteroatoms. The molecule has 0 N–H and O–H groups in total. The number of halogens is 1. The van der Waals surface area contributed by atoms with Crippen molar-refractivity contribution in [2.45, 2.75) is 45.8 Å². The van der Waals surface area contributed by atoms with Crippen molar-refractivity contribution in [2.75, 3.05) is 0 Å². The second-order valence-corrected chi connectivity index (χ2v) is 13.1. The van der Waals surface area contributed by atoms with Crippen molar-refractivity contribution in [3.8, 4) is 5.75 Å². The van der Waals surface area contributed by atoms with Gasteiger partial charge in [-0.25, -0.2) is 0 Å². The Bertz CT molecular complexity index is 980. The molecule has 0 aliphatic rings. The number of rotatable bonds is 3. The number of hydrogen-bond acceptors (Lipinski definition) is 3. The molecule has 0 amide bonds. The van der Waals surface area contributed by atoms with Gasteiger partial charge in [0.25, 0.3) is 13.6 Å². The maximum absolute atomic E-state index is 11.8. The molecule has 3 nitrogen and oxygen atoms in total. The van der Waals surface area contributed by atoms with Gasteiger partial charge in [0.1, 0.15) is 6.26 Å². The third-order valence-electron chi connectivity index (χ3n) is 5.32. The van der Waals surface area contributed by atoms with Gasteiger partial charge < -0.3 is 8.84 Å². The molecule has 0 spiro atoms. The molecule has 3 aromatic rings. The topological polar surface area (TPSA) is 39.4 Å². The van der Waals surface area contributed by atoms with E-state index in [1.165, 1.54) is 6.26 Å². The largest absolute Gasteiger partial charge is 0.541 e. The highest BCUT2D eigenvalue weighted by Gasteiger charge is 2.40. The molecule has 0 unspecified atom stereocenters. The highest BCUT2D eigenvalue weighted by molar-refractivity contribution is 6.75. The minimum atomic E-state index is -2.09. The van der Waals surface area contributed by atoms with E-state index in [2.05, 4.69) is 33.9 Å². The predicted molar refractivity (Wildman–Crippen MR) is 106 cm³/mol. The molecular weight excluding hydrogens is 352 g/mol. The Hall–Kier alpha value is -1.78. The Morgan fingerprint density at radius 2 is 1.76 bits per heavy atom. The summed E-state index contributed by atoms with van der Waals surface area (Å²) in [6.07, 6.45) is 1.43. The normalized spacial score (nSPS) is 12.8. The highest BCUT2D eigenvalue weighted by Crippen LogP contribution is 2.45. The van der Waals surface area contributed by atoms with Crippen LogP contribution < -0.4 is 4.43 Å². The zero-order chi connectivity index (χ0) is 18.6. The first-order chi connectivity index (χ1) is 11.5. The Morgan fingerprint density at radius 3 is 2.32 bits per heavy atom. The summed E-state index contributed by atoms with van der Waals surface area (Å²) in [7, 11) is -2.09. The molecule has 0 atom stereocenters. The van der Waals surface area contributed by atoms with Crippen LogP contribution in [0, 0.1) is 6.92 Å². The first kappa shape index (κ1) is 18.0. The van der Waals surface area contributed by atoms with Gasteiger partial charge in [0, 0.05) is 10.8 Å². The van der Waals surface area contributed by atoms with Gasteiger partial charge in [-0.05, 0) is 47.6 Å². The van der Waals surface area contributed by atoms with Crippen LogP contribution in [0.1, 0.15) is 36.7 Å². The molecule has 25 heavy (non-hydrogen) atoms. The fourth-order valence-corrected chi connectivity index (χ4v) is 3.97. The third-order valence-corrected chi connectivity index (χ3v) is 9.85. The number of fused-ring (bicyclic) bond motifs is 2. The van der Waals surface area contributed by atoms with Gasteiger partial charge in [0.2, 0.25) is 0 Å². The Balaban J connectivity index is 2.40. The van der Waals surface area contributed by atoms with Crippen LogP contribution in [-0.4, -0.2) is 13.6 Å². The molecule has 0 saturated heterocycles. The number of carbonyl (C=O) groups is 1. The van der Waals surface area contributed by atoms with Crippen LogP contribution in [0.5, 0.6) is 5.75 Å².